The molecule has 0 fully saturated rings. The van der Waals surface area contributed by atoms with Gasteiger partial charge in [0.2, 0.25) is 0 Å². The molecule has 4 heteroatoms. The molecule has 0 N–H and O–H groups in total. The number of sulfone groups is 1. The van der Waals surface area contributed by atoms with Crippen LogP contribution in [0.1, 0.15) is 38.2 Å². The van der Waals surface area contributed by atoms with E-state index in [1.165, 1.54) is 11.8 Å². The van der Waals surface area contributed by atoms with Gasteiger partial charge in [-0.2, -0.15) is 0 Å². The van der Waals surface area contributed by atoms with Crippen LogP contribution in [-0.2, 0) is 9.84 Å². The fourth-order valence-corrected chi connectivity index (χ4v) is 3.15. The molecule has 0 saturated carbocycles. The Bertz CT molecular complexity index is 451. The molecular formula is C13H19BrO2S. The van der Waals surface area contributed by atoms with Crippen LogP contribution in [0.15, 0.2) is 29.2 Å². The molecule has 0 aromatic heterocycles. The van der Waals surface area contributed by atoms with Gasteiger partial charge in [-0.05, 0) is 30.0 Å². The summed E-state index contributed by atoms with van der Waals surface area (Å²) in [6.07, 6.45) is 3.49. The molecule has 1 rings (SSSR count). The molecule has 1 aromatic carbocycles. The van der Waals surface area contributed by atoms with E-state index in [0.29, 0.717) is 15.6 Å². The van der Waals surface area contributed by atoms with Crippen LogP contribution in [0, 0.1) is 0 Å². The lowest BCUT2D eigenvalue weighted by atomic mass is 9.95. The summed E-state index contributed by atoms with van der Waals surface area (Å²) < 4.78 is 22.7. The summed E-state index contributed by atoms with van der Waals surface area (Å²) in [6, 6.07) is 7.19. The predicted octanol–water partition coefficient (Wildman–Crippen LogP) is 3.76. The van der Waals surface area contributed by atoms with Crippen LogP contribution in [0.3, 0.4) is 0 Å². The monoisotopic (exact) mass is 318 g/mol. The summed E-state index contributed by atoms with van der Waals surface area (Å²) in [5, 5.41) is 0. The van der Waals surface area contributed by atoms with E-state index in [4.69, 9.17) is 0 Å². The molecule has 0 saturated heterocycles. The molecule has 0 amide bonds. The highest BCUT2D eigenvalue weighted by Gasteiger charge is 2.15. The SMILES string of the molecule is CCCC(Br)C(C)c1ccc(S(C)(=O)=O)cc1. The van der Waals surface area contributed by atoms with E-state index in [2.05, 4.69) is 29.8 Å². The summed E-state index contributed by atoms with van der Waals surface area (Å²) >= 11 is 3.68. The van der Waals surface area contributed by atoms with Gasteiger partial charge < -0.3 is 0 Å². The average molecular weight is 319 g/mol. The second kappa shape index (κ2) is 6.01. The molecule has 0 heterocycles. The standard InChI is InChI=1S/C13H19BrO2S/c1-4-5-13(14)10(2)11-6-8-12(9-7-11)17(3,15)16/h6-10,13H,4-5H2,1-3H3. The molecule has 0 aliphatic rings. The molecule has 0 aliphatic carbocycles. The predicted molar refractivity (Wildman–Crippen MR) is 75.6 cm³/mol. The third-order valence-electron chi connectivity index (χ3n) is 2.94. The minimum absolute atomic E-state index is 0.384. The van der Waals surface area contributed by atoms with E-state index in [-0.39, 0.29) is 0 Å². The van der Waals surface area contributed by atoms with Gasteiger partial charge in [0.05, 0.1) is 4.90 Å². The first kappa shape index (κ1) is 14.7. The van der Waals surface area contributed by atoms with Crippen molar-refractivity contribution in [2.24, 2.45) is 0 Å². The Morgan fingerprint density at radius 1 is 1.24 bits per heavy atom. The fourth-order valence-electron chi connectivity index (χ4n) is 1.75. The maximum atomic E-state index is 11.3. The van der Waals surface area contributed by atoms with E-state index in [0.717, 1.165) is 12.8 Å². The van der Waals surface area contributed by atoms with Crippen LogP contribution in [0.4, 0.5) is 0 Å². The Hall–Kier alpha value is -0.350. The summed E-state index contributed by atoms with van der Waals surface area (Å²) in [6.45, 7) is 4.32. The number of alkyl halides is 1. The summed E-state index contributed by atoms with van der Waals surface area (Å²) in [5.41, 5.74) is 1.17. The second-order valence-electron chi connectivity index (χ2n) is 4.43. The van der Waals surface area contributed by atoms with E-state index in [1.54, 1.807) is 12.1 Å². The Kier molecular flexibility index (Phi) is 5.20. The van der Waals surface area contributed by atoms with E-state index < -0.39 is 9.84 Å². The maximum absolute atomic E-state index is 11.3. The first-order valence-corrected chi connectivity index (χ1v) is 8.61. The average Bonchev–Trinajstić information content (AvgIpc) is 2.27. The number of hydrogen-bond donors (Lipinski definition) is 0. The molecule has 17 heavy (non-hydrogen) atoms. The van der Waals surface area contributed by atoms with E-state index in [9.17, 15) is 8.42 Å². The van der Waals surface area contributed by atoms with Crippen molar-refractivity contribution in [1.29, 1.82) is 0 Å². The zero-order chi connectivity index (χ0) is 13.1. The highest BCUT2D eigenvalue weighted by molar-refractivity contribution is 9.09. The molecule has 0 bridgehead atoms. The van der Waals surface area contributed by atoms with Gasteiger partial charge in [0.15, 0.2) is 9.84 Å². The molecule has 0 spiro atoms. The highest BCUT2D eigenvalue weighted by atomic mass is 79.9. The Labute approximate surface area is 112 Å². The summed E-state index contributed by atoms with van der Waals surface area (Å²) in [5.74, 6) is 0.392. The molecule has 2 nitrogen and oxygen atoms in total. The van der Waals surface area contributed by atoms with Crippen LogP contribution >= 0.6 is 15.9 Å². The first-order valence-electron chi connectivity index (χ1n) is 5.80. The van der Waals surface area contributed by atoms with Crippen LogP contribution in [0.25, 0.3) is 0 Å². The van der Waals surface area contributed by atoms with Crippen molar-refractivity contribution in [3.8, 4) is 0 Å². The minimum Gasteiger partial charge on any atom is -0.224 e. The normalized spacial score (nSPS) is 15.5. The van der Waals surface area contributed by atoms with Crippen molar-refractivity contribution in [3.63, 3.8) is 0 Å². The van der Waals surface area contributed by atoms with Crippen molar-refractivity contribution in [1.82, 2.24) is 0 Å². The van der Waals surface area contributed by atoms with Gasteiger partial charge in [0.25, 0.3) is 0 Å². The van der Waals surface area contributed by atoms with Crippen LogP contribution in [-0.4, -0.2) is 19.5 Å². The molecule has 0 radical (unpaired) electrons. The number of rotatable bonds is 5. The summed E-state index contributed by atoms with van der Waals surface area (Å²) in [7, 11) is -3.09. The van der Waals surface area contributed by atoms with Gasteiger partial charge in [0.1, 0.15) is 0 Å². The molecule has 1 aromatic rings. The Morgan fingerprint density at radius 3 is 2.18 bits per heavy atom. The van der Waals surface area contributed by atoms with E-state index in [1.807, 2.05) is 12.1 Å². The zero-order valence-corrected chi connectivity index (χ0v) is 12.9. The van der Waals surface area contributed by atoms with Crippen LogP contribution in [0.2, 0.25) is 0 Å². The number of halogens is 1. The van der Waals surface area contributed by atoms with Gasteiger partial charge in [-0.15, -0.1) is 0 Å². The van der Waals surface area contributed by atoms with Crippen molar-refractivity contribution in [2.45, 2.75) is 42.3 Å². The van der Waals surface area contributed by atoms with Gasteiger partial charge in [-0.25, -0.2) is 8.42 Å². The van der Waals surface area contributed by atoms with Gasteiger partial charge in [-0.1, -0.05) is 48.3 Å². The van der Waals surface area contributed by atoms with Crippen molar-refractivity contribution in [2.75, 3.05) is 6.26 Å². The smallest absolute Gasteiger partial charge is 0.175 e. The first-order chi connectivity index (χ1) is 7.86. The van der Waals surface area contributed by atoms with Crippen molar-refractivity contribution < 1.29 is 8.42 Å². The second-order valence-corrected chi connectivity index (χ2v) is 7.63. The topological polar surface area (TPSA) is 34.1 Å². The van der Waals surface area contributed by atoms with Gasteiger partial charge >= 0.3 is 0 Å². The Balaban J connectivity index is 2.88. The summed E-state index contributed by atoms with van der Waals surface area (Å²) in [4.78, 5) is 0.826. The highest BCUT2D eigenvalue weighted by Crippen LogP contribution is 2.28. The maximum Gasteiger partial charge on any atom is 0.175 e. The lowest BCUT2D eigenvalue weighted by Crippen LogP contribution is -2.09. The van der Waals surface area contributed by atoms with Crippen molar-refractivity contribution >= 4 is 25.8 Å². The number of hydrogen-bond acceptors (Lipinski definition) is 2. The Morgan fingerprint density at radius 2 is 1.76 bits per heavy atom. The van der Waals surface area contributed by atoms with Gasteiger partial charge in [0, 0.05) is 11.1 Å². The lowest BCUT2D eigenvalue weighted by Gasteiger charge is -2.18. The third-order valence-corrected chi connectivity index (χ3v) is 5.32. The third kappa shape index (κ3) is 4.11. The van der Waals surface area contributed by atoms with Gasteiger partial charge in [-0.3, -0.25) is 0 Å². The largest absolute Gasteiger partial charge is 0.224 e. The lowest BCUT2D eigenvalue weighted by molar-refractivity contribution is 0.601. The molecule has 0 aliphatic heterocycles. The quantitative estimate of drug-likeness (QED) is 0.775. The van der Waals surface area contributed by atoms with Crippen molar-refractivity contribution in [3.05, 3.63) is 29.8 Å². The minimum atomic E-state index is -3.09. The van der Waals surface area contributed by atoms with Crippen LogP contribution in [0.5, 0.6) is 0 Å². The molecule has 96 valence electrons. The van der Waals surface area contributed by atoms with Crippen LogP contribution < -0.4 is 0 Å². The fraction of sp³-hybridized carbons (Fsp3) is 0.538. The molecular weight excluding hydrogens is 300 g/mol. The zero-order valence-electron chi connectivity index (χ0n) is 10.5. The molecule has 2 unspecified atom stereocenters. The molecule has 2 atom stereocenters. The number of benzene rings is 1. The van der Waals surface area contributed by atoms with E-state index >= 15 is 0 Å².